The highest BCUT2D eigenvalue weighted by atomic mass is 16.5. The van der Waals surface area contributed by atoms with Crippen LogP contribution in [0.5, 0.6) is 0 Å². The average Bonchev–Trinajstić information content (AvgIpc) is 3.27. The van der Waals surface area contributed by atoms with Crippen molar-refractivity contribution in [2.75, 3.05) is 13.2 Å². The summed E-state index contributed by atoms with van der Waals surface area (Å²) in [5.41, 5.74) is 0. The summed E-state index contributed by atoms with van der Waals surface area (Å²) in [5.74, 6) is -0.0768. The minimum absolute atomic E-state index is 0.000963. The number of ether oxygens (including phenoxy) is 1. The largest absolute Gasteiger partial charge is 0.466 e. The van der Waals surface area contributed by atoms with E-state index in [-0.39, 0.29) is 18.5 Å². The molecule has 0 aliphatic rings. The first-order chi connectivity index (χ1) is 30.5. The van der Waals surface area contributed by atoms with Crippen molar-refractivity contribution in [2.24, 2.45) is 0 Å². The zero-order valence-corrected chi connectivity index (χ0v) is 41.6. The summed E-state index contributed by atoms with van der Waals surface area (Å²) in [4.78, 5) is 24.5. The van der Waals surface area contributed by atoms with Crippen molar-refractivity contribution in [3.8, 4) is 0 Å². The summed E-state index contributed by atoms with van der Waals surface area (Å²) in [6.45, 7) is 4.88. The number of aliphatic hydroxyl groups excluding tert-OH is 2. The third kappa shape index (κ3) is 47.8. The molecule has 3 N–H and O–H groups in total. The van der Waals surface area contributed by atoms with Crippen molar-refractivity contribution in [1.82, 2.24) is 5.32 Å². The van der Waals surface area contributed by atoms with Gasteiger partial charge in [-0.1, -0.05) is 250 Å². The Bertz CT molecular complexity index is 966. The monoisotopic (exact) mass is 874 g/mol. The van der Waals surface area contributed by atoms with Crippen molar-refractivity contribution in [2.45, 2.75) is 309 Å². The molecule has 0 bridgehead atoms. The van der Waals surface area contributed by atoms with Crippen LogP contribution in [0, 0.1) is 0 Å². The smallest absolute Gasteiger partial charge is 0.305 e. The molecular formula is C56H107NO5. The standard InChI is InChI=1S/C56H107NO5/c1-3-5-7-9-11-13-15-16-17-18-19-23-26-30-34-38-42-46-50-56(61)62-51-47-43-39-35-31-27-24-21-20-22-25-29-33-37-41-45-49-55(60)57-53(52-58)54(59)48-44-40-36-32-28-14-12-10-8-6-4-2/h17-18,44,48,53-54,58-59H,3-16,19-43,45-47,49-52H2,1-2H3,(H,57,60)/b18-17-,48-44+. The van der Waals surface area contributed by atoms with Gasteiger partial charge in [0.05, 0.1) is 25.4 Å². The molecule has 0 saturated heterocycles. The van der Waals surface area contributed by atoms with Crippen LogP contribution in [0.15, 0.2) is 24.3 Å². The van der Waals surface area contributed by atoms with Crippen LogP contribution in [0.3, 0.4) is 0 Å². The van der Waals surface area contributed by atoms with Crippen molar-refractivity contribution in [1.29, 1.82) is 0 Å². The van der Waals surface area contributed by atoms with Crippen molar-refractivity contribution in [3.63, 3.8) is 0 Å². The Labute approximate surface area is 386 Å². The van der Waals surface area contributed by atoms with Gasteiger partial charge in [0, 0.05) is 12.8 Å². The number of hydrogen-bond acceptors (Lipinski definition) is 5. The van der Waals surface area contributed by atoms with Crippen LogP contribution in [0.4, 0.5) is 0 Å². The van der Waals surface area contributed by atoms with Crippen LogP contribution >= 0.6 is 0 Å². The molecule has 0 saturated carbocycles. The summed E-state index contributed by atoms with van der Waals surface area (Å²) < 4.78 is 5.48. The van der Waals surface area contributed by atoms with E-state index in [9.17, 15) is 19.8 Å². The van der Waals surface area contributed by atoms with E-state index in [1.54, 1.807) is 6.08 Å². The van der Waals surface area contributed by atoms with Crippen LogP contribution in [0.25, 0.3) is 0 Å². The molecule has 0 fully saturated rings. The summed E-state index contributed by atoms with van der Waals surface area (Å²) in [6.07, 6.45) is 61.9. The maximum absolute atomic E-state index is 12.4. The minimum Gasteiger partial charge on any atom is -0.466 e. The predicted octanol–water partition coefficient (Wildman–Crippen LogP) is 16.7. The SMILES string of the molecule is CCCCCCCCC/C=C\CCCCCCCCCC(=O)OCCCCCCCCCCCCCCCCCCC(=O)NC(CO)C(O)/C=C/CCCCCCCCCCC. The first-order valence-electron chi connectivity index (χ1n) is 27.6. The normalized spacial score (nSPS) is 12.8. The van der Waals surface area contributed by atoms with Crippen molar-refractivity contribution < 1.29 is 24.5 Å². The number of carbonyl (C=O) groups is 2. The van der Waals surface area contributed by atoms with E-state index in [0.717, 1.165) is 44.9 Å². The highest BCUT2D eigenvalue weighted by molar-refractivity contribution is 5.76. The molecule has 2 unspecified atom stereocenters. The van der Waals surface area contributed by atoms with Crippen LogP contribution in [-0.2, 0) is 14.3 Å². The van der Waals surface area contributed by atoms with Gasteiger partial charge in [-0.05, 0) is 57.8 Å². The molecule has 0 heterocycles. The lowest BCUT2D eigenvalue weighted by Gasteiger charge is -2.20. The molecule has 0 spiro atoms. The van der Waals surface area contributed by atoms with E-state index in [4.69, 9.17) is 4.74 Å². The predicted molar refractivity (Wildman–Crippen MR) is 269 cm³/mol. The molecule has 1 amide bonds. The molecule has 0 aliphatic heterocycles. The second-order valence-electron chi connectivity index (χ2n) is 18.9. The number of aliphatic hydroxyl groups is 2. The molecule has 2 atom stereocenters. The Kier molecular flexibility index (Phi) is 50.6. The van der Waals surface area contributed by atoms with E-state index in [0.29, 0.717) is 19.4 Å². The first-order valence-corrected chi connectivity index (χ1v) is 27.6. The molecule has 6 nitrogen and oxygen atoms in total. The van der Waals surface area contributed by atoms with Gasteiger partial charge in [-0.25, -0.2) is 0 Å². The van der Waals surface area contributed by atoms with Crippen molar-refractivity contribution in [3.05, 3.63) is 24.3 Å². The van der Waals surface area contributed by atoms with Gasteiger partial charge in [-0.2, -0.15) is 0 Å². The zero-order chi connectivity index (χ0) is 45.1. The fourth-order valence-electron chi connectivity index (χ4n) is 8.45. The van der Waals surface area contributed by atoms with Gasteiger partial charge >= 0.3 is 5.97 Å². The maximum Gasteiger partial charge on any atom is 0.305 e. The maximum atomic E-state index is 12.4. The molecule has 0 aliphatic carbocycles. The minimum atomic E-state index is -0.847. The van der Waals surface area contributed by atoms with Gasteiger partial charge < -0.3 is 20.3 Å². The van der Waals surface area contributed by atoms with Crippen LogP contribution in [0.2, 0.25) is 0 Å². The highest BCUT2D eigenvalue weighted by Crippen LogP contribution is 2.16. The second-order valence-corrected chi connectivity index (χ2v) is 18.9. The van der Waals surface area contributed by atoms with Gasteiger partial charge in [-0.15, -0.1) is 0 Å². The summed E-state index contributed by atoms with van der Waals surface area (Å²) in [5, 5.41) is 23.0. The van der Waals surface area contributed by atoms with Gasteiger partial charge in [-0.3, -0.25) is 9.59 Å². The second kappa shape index (κ2) is 52.0. The number of rotatable bonds is 51. The number of unbranched alkanes of at least 4 members (excludes halogenated alkanes) is 38. The highest BCUT2D eigenvalue weighted by Gasteiger charge is 2.18. The number of hydrogen-bond donors (Lipinski definition) is 3. The van der Waals surface area contributed by atoms with Crippen LogP contribution < -0.4 is 5.32 Å². The summed E-state index contributed by atoms with van der Waals surface area (Å²) in [7, 11) is 0. The van der Waals surface area contributed by atoms with Crippen LogP contribution in [-0.4, -0.2) is 47.4 Å². The fraction of sp³-hybridized carbons (Fsp3) is 0.893. The summed E-state index contributed by atoms with van der Waals surface area (Å²) >= 11 is 0. The molecule has 366 valence electrons. The molecular weight excluding hydrogens is 767 g/mol. The van der Waals surface area contributed by atoms with Crippen molar-refractivity contribution >= 4 is 11.9 Å². The topological polar surface area (TPSA) is 95.9 Å². The van der Waals surface area contributed by atoms with E-state index in [1.165, 1.54) is 225 Å². The zero-order valence-electron chi connectivity index (χ0n) is 41.6. The molecule has 6 heteroatoms. The number of allylic oxidation sites excluding steroid dienone is 3. The summed E-state index contributed by atoms with van der Waals surface area (Å²) in [6, 6.07) is -0.631. The van der Waals surface area contributed by atoms with Crippen LogP contribution in [0.1, 0.15) is 296 Å². The van der Waals surface area contributed by atoms with E-state index in [1.807, 2.05) is 6.08 Å². The quantitative estimate of drug-likeness (QED) is 0.0321. The number of nitrogens with one attached hydrogen (secondary N) is 1. The Morgan fingerprint density at radius 2 is 0.758 bits per heavy atom. The number of esters is 1. The Balaban J connectivity index is 3.41. The van der Waals surface area contributed by atoms with E-state index < -0.39 is 12.1 Å². The molecule has 0 aromatic heterocycles. The number of amides is 1. The third-order valence-corrected chi connectivity index (χ3v) is 12.7. The third-order valence-electron chi connectivity index (χ3n) is 12.7. The van der Waals surface area contributed by atoms with Gasteiger partial charge in [0.15, 0.2) is 0 Å². The lowest BCUT2D eigenvalue weighted by molar-refractivity contribution is -0.143. The van der Waals surface area contributed by atoms with E-state index >= 15 is 0 Å². The van der Waals surface area contributed by atoms with Gasteiger partial charge in [0.2, 0.25) is 5.91 Å². The Hall–Kier alpha value is -1.66. The lowest BCUT2D eigenvalue weighted by atomic mass is 10.0. The van der Waals surface area contributed by atoms with Gasteiger partial charge in [0.25, 0.3) is 0 Å². The first kappa shape index (κ1) is 60.3. The molecule has 62 heavy (non-hydrogen) atoms. The Morgan fingerprint density at radius 3 is 1.15 bits per heavy atom. The molecule has 0 radical (unpaired) electrons. The lowest BCUT2D eigenvalue weighted by Crippen LogP contribution is -2.45. The molecule has 0 rings (SSSR count). The average molecular weight is 874 g/mol. The Morgan fingerprint density at radius 1 is 0.435 bits per heavy atom. The molecule has 0 aromatic carbocycles. The fourth-order valence-corrected chi connectivity index (χ4v) is 8.45. The van der Waals surface area contributed by atoms with E-state index in [2.05, 4.69) is 31.3 Å². The van der Waals surface area contributed by atoms with Gasteiger partial charge in [0.1, 0.15) is 0 Å². The number of carbonyl (C=O) groups excluding carboxylic acids is 2. The molecule has 0 aromatic rings.